The molecule has 0 amide bonds. The molecule has 124 valence electrons. The van der Waals surface area contributed by atoms with Crippen LogP contribution in [0.4, 0.5) is 0 Å². The van der Waals surface area contributed by atoms with E-state index in [9.17, 15) is 5.11 Å². The first-order valence-electron chi connectivity index (χ1n) is 8.40. The van der Waals surface area contributed by atoms with Crippen molar-refractivity contribution in [2.75, 3.05) is 19.6 Å². The molecule has 3 heteroatoms. The van der Waals surface area contributed by atoms with Crippen LogP contribution >= 0.6 is 15.9 Å². The number of hydrogen-bond donors (Lipinski definition) is 2. The molecule has 0 fully saturated rings. The van der Waals surface area contributed by atoms with Gasteiger partial charge in [-0.1, -0.05) is 70.5 Å². The number of nitrogens with one attached hydrogen (secondary N) is 1. The Bertz CT molecular complexity index is 706. The van der Waals surface area contributed by atoms with Gasteiger partial charge in [-0.25, -0.2) is 0 Å². The van der Waals surface area contributed by atoms with Gasteiger partial charge in [0.2, 0.25) is 0 Å². The maximum Gasteiger partial charge on any atom is 0.128 e. The molecule has 0 radical (unpaired) electrons. The van der Waals surface area contributed by atoms with Gasteiger partial charge in [0.15, 0.2) is 0 Å². The van der Waals surface area contributed by atoms with E-state index >= 15 is 0 Å². The van der Waals surface area contributed by atoms with Gasteiger partial charge in [0, 0.05) is 10.9 Å². The van der Waals surface area contributed by atoms with Gasteiger partial charge < -0.3 is 10.0 Å². The molecule has 1 heterocycles. The minimum Gasteiger partial charge on any atom is -0.382 e. The SMILES string of the molecule is O[C@H](C[NH+]1CC=C(/C=C/c2ccc(Br)cc2)CC1)c1ccccc1. The summed E-state index contributed by atoms with van der Waals surface area (Å²) in [5.74, 6) is 0. The fourth-order valence-electron chi connectivity index (χ4n) is 2.98. The average molecular weight is 385 g/mol. The third-order valence-electron chi connectivity index (χ3n) is 4.45. The van der Waals surface area contributed by atoms with Gasteiger partial charge in [-0.15, -0.1) is 0 Å². The van der Waals surface area contributed by atoms with Gasteiger partial charge >= 0.3 is 0 Å². The summed E-state index contributed by atoms with van der Waals surface area (Å²) in [5, 5.41) is 10.4. The topological polar surface area (TPSA) is 24.7 Å². The van der Waals surface area contributed by atoms with Gasteiger partial charge in [-0.2, -0.15) is 0 Å². The number of rotatable bonds is 5. The molecule has 0 saturated heterocycles. The molecule has 0 bridgehead atoms. The van der Waals surface area contributed by atoms with Crippen LogP contribution in [0, 0.1) is 0 Å². The van der Waals surface area contributed by atoms with Crippen LogP contribution < -0.4 is 4.90 Å². The van der Waals surface area contributed by atoms with E-state index < -0.39 is 0 Å². The fraction of sp³-hybridized carbons (Fsp3) is 0.238. The second kappa shape index (κ2) is 8.43. The third kappa shape index (κ3) is 4.91. The van der Waals surface area contributed by atoms with Crippen LogP contribution in [-0.4, -0.2) is 24.7 Å². The predicted molar refractivity (Wildman–Crippen MR) is 103 cm³/mol. The third-order valence-corrected chi connectivity index (χ3v) is 4.98. The van der Waals surface area contributed by atoms with Gasteiger partial charge in [0.25, 0.3) is 0 Å². The standard InChI is InChI=1S/C21H22BrNO/c22-20-10-8-17(9-11-20)6-7-18-12-14-23(15-13-18)16-21(24)19-4-2-1-3-5-19/h1-12,21,24H,13-16H2/p+1/b7-6+/t21-/m1/s1. The lowest BCUT2D eigenvalue weighted by molar-refractivity contribution is -0.899. The maximum atomic E-state index is 10.4. The van der Waals surface area contributed by atoms with Crippen molar-refractivity contribution in [3.8, 4) is 0 Å². The van der Waals surface area contributed by atoms with Gasteiger partial charge in [0.1, 0.15) is 12.6 Å². The summed E-state index contributed by atoms with van der Waals surface area (Å²) < 4.78 is 1.10. The maximum absolute atomic E-state index is 10.4. The van der Waals surface area contributed by atoms with Crippen LogP contribution in [0.5, 0.6) is 0 Å². The molecule has 0 aromatic heterocycles. The number of aliphatic hydroxyl groups excluding tert-OH is 1. The van der Waals surface area contributed by atoms with Crippen molar-refractivity contribution >= 4 is 22.0 Å². The summed E-state index contributed by atoms with van der Waals surface area (Å²) in [6.45, 7) is 2.81. The zero-order valence-electron chi connectivity index (χ0n) is 13.7. The Balaban J connectivity index is 1.53. The van der Waals surface area contributed by atoms with E-state index in [4.69, 9.17) is 0 Å². The molecular formula is C21H23BrNO+. The van der Waals surface area contributed by atoms with Crippen molar-refractivity contribution in [1.29, 1.82) is 0 Å². The highest BCUT2D eigenvalue weighted by Crippen LogP contribution is 2.14. The largest absolute Gasteiger partial charge is 0.382 e. The second-order valence-corrected chi connectivity index (χ2v) is 7.16. The van der Waals surface area contributed by atoms with Crippen LogP contribution in [-0.2, 0) is 0 Å². The highest BCUT2D eigenvalue weighted by Gasteiger charge is 2.18. The molecule has 1 aliphatic rings. The van der Waals surface area contributed by atoms with Crippen LogP contribution in [0.1, 0.15) is 23.7 Å². The Morgan fingerprint density at radius 2 is 1.79 bits per heavy atom. The van der Waals surface area contributed by atoms with E-state index in [1.54, 1.807) is 0 Å². The van der Waals surface area contributed by atoms with E-state index in [0.717, 1.165) is 36.1 Å². The van der Waals surface area contributed by atoms with Gasteiger partial charge in [-0.05, 0) is 34.9 Å². The number of quaternary nitrogens is 1. The molecule has 1 aliphatic heterocycles. The Kier molecular flexibility index (Phi) is 6.02. The summed E-state index contributed by atoms with van der Waals surface area (Å²) in [6.07, 6.45) is 7.36. The minimum atomic E-state index is -0.380. The summed E-state index contributed by atoms with van der Waals surface area (Å²) >= 11 is 3.46. The van der Waals surface area contributed by atoms with Crippen LogP contribution in [0.25, 0.3) is 6.08 Å². The molecule has 2 aromatic rings. The smallest absolute Gasteiger partial charge is 0.128 e. The molecule has 0 saturated carbocycles. The first-order chi connectivity index (χ1) is 11.7. The molecule has 2 N–H and O–H groups in total. The second-order valence-electron chi connectivity index (χ2n) is 6.25. The van der Waals surface area contributed by atoms with Crippen molar-refractivity contribution < 1.29 is 10.0 Å². The van der Waals surface area contributed by atoms with Crippen molar-refractivity contribution in [3.63, 3.8) is 0 Å². The highest BCUT2D eigenvalue weighted by molar-refractivity contribution is 9.10. The monoisotopic (exact) mass is 384 g/mol. The number of hydrogen-bond acceptors (Lipinski definition) is 1. The Labute approximate surface area is 152 Å². The molecule has 2 aromatic carbocycles. The molecule has 0 aliphatic carbocycles. The van der Waals surface area contributed by atoms with Crippen LogP contribution in [0.2, 0.25) is 0 Å². The van der Waals surface area contributed by atoms with E-state index in [1.165, 1.54) is 16.0 Å². The number of halogens is 1. The first kappa shape index (κ1) is 17.2. The number of aliphatic hydroxyl groups is 1. The lowest BCUT2D eigenvalue weighted by atomic mass is 10.0. The van der Waals surface area contributed by atoms with Gasteiger partial charge in [0.05, 0.1) is 13.1 Å². The Hall–Kier alpha value is -1.68. The normalized spacial score (nSPS) is 19.2. The molecule has 1 unspecified atom stereocenters. The zero-order valence-corrected chi connectivity index (χ0v) is 15.2. The Morgan fingerprint density at radius 1 is 1.04 bits per heavy atom. The zero-order chi connectivity index (χ0) is 16.8. The van der Waals surface area contributed by atoms with E-state index in [2.05, 4.69) is 58.4 Å². The fourth-order valence-corrected chi connectivity index (χ4v) is 3.25. The summed E-state index contributed by atoms with van der Waals surface area (Å²) in [7, 11) is 0. The molecule has 3 rings (SSSR count). The van der Waals surface area contributed by atoms with Crippen molar-refractivity contribution in [3.05, 3.63) is 87.9 Å². The van der Waals surface area contributed by atoms with Crippen LogP contribution in [0.15, 0.2) is 76.8 Å². The summed E-state index contributed by atoms with van der Waals surface area (Å²) in [5.41, 5.74) is 3.61. The Morgan fingerprint density at radius 3 is 2.46 bits per heavy atom. The number of benzene rings is 2. The molecule has 2 nitrogen and oxygen atoms in total. The van der Waals surface area contributed by atoms with Crippen LogP contribution in [0.3, 0.4) is 0 Å². The lowest BCUT2D eigenvalue weighted by Gasteiger charge is -2.25. The quantitative estimate of drug-likeness (QED) is 0.810. The van der Waals surface area contributed by atoms with Crippen molar-refractivity contribution in [2.24, 2.45) is 0 Å². The average Bonchev–Trinajstić information content (AvgIpc) is 2.63. The minimum absolute atomic E-state index is 0.380. The highest BCUT2D eigenvalue weighted by atomic mass is 79.9. The van der Waals surface area contributed by atoms with Crippen molar-refractivity contribution in [1.82, 2.24) is 0 Å². The first-order valence-corrected chi connectivity index (χ1v) is 9.19. The van der Waals surface area contributed by atoms with E-state index in [-0.39, 0.29) is 6.10 Å². The van der Waals surface area contributed by atoms with E-state index in [0.29, 0.717) is 0 Å². The van der Waals surface area contributed by atoms with Gasteiger partial charge in [-0.3, -0.25) is 0 Å². The number of allylic oxidation sites excluding steroid dienone is 1. The van der Waals surface area contributed by atoms with E-state index in [1.807, 2.05) is 30.3 Å². The molecule has 0 spiro atoms. The molecule has 24 heavy (non-hydrogen) atoms. The van der Waals surface area contributed by atoms with Crippen molar-refractivity contribution in [2.45, 2.75) is 12.5 Å². The molecular weight excluding hydrogens is 362 g/mol. The predicted octanol–water partition coefficient (Wildman–Crippen LogP) is 3.41. The summed E-state index contributed by atoms with van der Waals surface area (Å²) in [4.78, 5) is 1.44. The lowest BCUT2D eigenvalue weighted by Crippen LogP contribution is -3.13. The summed E-state index contributed by atoms with van der Waals surface area (Å²) in [6, 6.07) is 18.3. The molecule has 2 atom stereocenters.